The SMILES string of the molecule is CCC=CCC=CC=C[C@H](O)CCCCCCCC(=O)O. The average molecular weight is 294 g/mol. The van der Waals surface area contributed by atoms with Crippen LogP contribution in [0.5, 0.6) is 0 Å². The van der Waals surface area contributed by atoms with Gasteiger partial charge in [0.15, 0.2) is 0 Å². The van der Waals surface area contributed by atoms with E-state index in [4.69, 9.17) is 5.11 Å². The van der Waals surface area contributed by atoms with Gasteiger partial charge in [-0.25, -0.2) is 0 Å². The Hall–Kier alpha value is -1.35. The number of rotatable bonds is 13. The molecule has 1 atom stereocenters. The number of aliphatic carboxylic acids is 1. The van der Waals surface area contributed by atoms with Crippen LogP contribution in [0.2, 0.25) is 0 Å². The normalized spacial score (nSPS) is 13.6. The second-order valence-corrected chi connectivity index (χ2v) is 5.20. The fourth-order valence-corrected chi connectivity index (χ4v) is 1.95. The van der Waals surface area contributed by atoms with Gasteiger partial charge in [-0.2, -0.15) is 0 Å². The Bertz CT molecular complexity index is 329. The van der Waals surface area contributed by atoms with E-state index in [9.17, 15) is 9.90 Å². The molecular weight excluding hydrogens is 264 g/mol. The Balaban J connectivity index is 3.46. The van der Waals surface area contributed by atoms with Gasteiger partial charge in [-0.05, 0) is 25.7 Å². The van der Waals surface area contributed by atoms with Crippen LogP contribution in [0.1, 0.15) is 64.7 Å². The molecule has 0 heterocycles. The predicted octanol–water partition coefficient (Wildman–Crippen LogP) is 4.63. The molecule has 3 nitrogen and oxygen atoms in total. The zero-order valence-corrected chi connectivity index (χ0v) is 13.2. The van der Waals surface area contributed by atoms with E-state index in [1.807, 2.05) is 18.2 Å². The minimum absolute atomic E-state index is 0.269. The van der Waals surface area contributed by atoms with Crippen molar-refractivity contribution in [3.8, 4) is 0 Å². The Kier molecular flexibility index (Phi) is 14.1. The average Bonchev–Trinajstić information content (AvgIpc) is 2.45. The summed E-state index contributed by atoms with van der Waals surface area (Å²) in [6, 6.07) is 0. The first kappa shape index (κ1) is 19.7. The number of hydrogen-bond donors (Lipinski definition) is 2. The van der Waals surface area contributed by atoms with Crippen LogP contribution in [-0.4, -0.2) is 22.3 Å². The van der Waals surface area contributed by atoms with Gasteiger partial charge < -0.3 is 10.2 Å². The predicted molar refractivity (Wildman–Crippen MR) is 88.3 cm³/mol. The van der Waals surface area contributed by atoms with Crippen LogP contribution in [-0.2, 0) is 4.79 Å². The van der Waals surface area contributed by atoms with E-state index in [1.54, 1.807) is 0 Å². The highest BCUT2D eigenvalue weighted by Gasteiger charge is 1.99. The maximum atomic E-state index is 10.3. The third-order valence-corrected chi connectivity index (χ3v) is 3.15. The first-order valence-corrected chi connectivity index (χ1v) is 8.05. The number of hydrogen-bond acceptors (Lipinski definition) is 2. The molecule has 0 unspecified atom stereocenters. The molecule has 2 N–H and O–H groups in total. The summed E-state index contributed by atoms with van der Waals surface area (Å²) in [6.45, 7) is 2.11. The minimum atomic E-state index is -0.714. The lowest BCUT2D eigenvalue weighted by Gasteiger charge is -2.04. The second-order valence-electron chi connectivity index (χ2n) is 5.20. The number of carboxylic acid groups (broad SMARTS) is 1. The number of unbranched alkanes of at least 4 members (excludes halogenated alkanes) is 4. The largest absolute Gasteiger partial charge is 0.481 e. The summed E-state index contributed by atoms with van der Waals surface area (Å²) >= 11 is 0. The molecule has 0 aromatic carbocycles. The van der Waals surface area contributed by atoms with Crippen molar-refractivity contribution in [3.63, 3.8) is 0 Å². The molecule has 0 rings (SSSR count). The molecule has 0 amide bonds. The molecule has 0 aliphatic carbocycles. The third kappa shape index (κ3) is 16.6. The number of aliphatic hydroxyl groups is 1. The van der Waals surface area contributed by atoms with Gasteiger partial charge in [0.2, 0.25) is 0 Å². The monoisotopic (exact) mass is 294 g/mol. The van der Waals surface area contributed by atoms with Crippen LogP contribution in [0.4, 0.5) is 0 Å². The molecule has 0 aromatic rings. The lowest BCUT2D eigenvalue weighted by molar-refractivity contribution is -0.137. The fourth-order valence-electron chi connectivity index (χ4n) is 1.95. The molecule has 3 heteroatoms. The van der Waals surface area contributed by atoms with Crippen molar-refractivity contribution in [2.24, 2.45) is 0 Å². The van der Waals surface area contributed by atoms with E-state index < -0.39 is 5.97 Å². The molecule has 0 aromatic heterocycles. The Morgan fingerprint density at radius 3 is 2.43 bits per heavy atom. The summed E-state index contributed by atoms with van der Waals surface area (Å²) in [4.78, 5) is 10.3. The molecular formula is C18H30O3. The van der Waals surface area contributed by atoms with Gasteiger partial charge in [-0.3, -0.25) is 4.79 Å². The first-order valence-electron chi connectivity index (χ1n) is 8.05. The van der Waals surface area contributed by atoms with Gasteiger partial charge >= 0.3 is 5.97 Å². The number of allylic oxidation sites excluding steroid dienone is 5. The van der Waals surface area contributed by atoms with Crippen LogP contribution < -0.4 is 0 Å². The number of aliphatic hydroxyl groups excluding tert-OH is 1. The van der Waals surface area contributed by atoms with Gasteiger partial charge in [0.25, 0.3) is 0 Å². The lowest BCUT2D eigenvalue weighted by atomic mass is 10.1. The molecule has 0 spiro atoms. The quantitative estimate of drug-likeness (QED) is 0.296. The Morgan fingerprint density at radius 1 is 1.00 bits per heavy atom. The maximum absolute atomic E-state index is 10.3. The van der Waals surface area contributed by atoms with E-state index in [1.165, 1.54) is 0 Å². The Labute approximate surface area is 129 Å². The van der Waals surface area contributed by atoms with Crippen molar-refractivity contribution in [1.29, 1.82) is 0 Å². The van der Waals surface area contributed by atoms with Crippen LogP contribution in [0.3, 0.4) is 0 Å². The van der Waals surface area contributed by atoms with Crippen LogP contribution in [0.25, 0.3) is 0 Å². The van der Waals surface area contributed by atoms with Gasteiger partial charge in [0.05, 0.1) is 6.10 Å². The molecule has 0 fully saturated rings. The van der Waals surface area contributed by atoms with Gasteiger partial charge in [0.1, 0.15) is 0 Å². The molecule has 0 aliphatic heterocycles. The lowest BCUT2D eigenvalue weighted by Crippen LogP contribution is -2.01. The number of carboxylic acids is 1. The molecule has 120 valence electrons. The van der Waals surface area contributed by atoms with Gasteiger partial charge in [0, 0.05) is 6.42 Å². The van der Waals surface area contributed by atoms with Gasteiger partial charge in [-0.1, -0.05) is 69.1 Å². The summed E-state index contributed by atoms with van der Waals surface area (Å²) in [5, 5.41) is 18.3. The van der Waals surface area contributed by atoms with E-state index in [0.717, 1.165) is 51.4 Å². The van der Waals surface area contributed by atoms with E-state index >= 15 is 0 Å². The molecule has 21 heavy (non-hydrogen) atoms. The summed E-state index contributed by atoms with van der Waals surface area (Å²) in [7, 11) is 0. The van der Waals surface area contributed by atoms with Crippen LogP contribution >= 0.6 is 0 Å². The van der Waals surface area contributed by atoms with Crippen LogP contribution in [0, 0.1) is 0 Å². The van der Waals surface area contributed by atoms with Crippen molar-refractivity contribution >= 4 is 5.97 Å². The minimum Gasteiger partial charge on any atom is -0.481 e. The molecule has 0 saturated heterocycles. The van der Waals surface area contributed by atoms with E-state index in [2.05, 4.69) is 25.2 Å². The Morgan fingerprint density at radius 2 is 1.71 bits per heavy atom. The topological polar surface area (TPSA) is 57.5 Å². The van der Waals surface area contributed by atoms with Crippen molar-refractivity contribution in [1.82, 2.24) is 0 Å². The van der Waals surface area contributed by atoms with E-state index in [0.29, 0.717) is 0 Å². The van der Waals surface area contributed by atoms with Crippen molar-refractivity contribution in [3.05, 3.63) is 36.5 Å². The molecule has 0 saturated carbocycles. The third-order valence-electron chi connectivity index (χ3n) is 3.15. The van der Waals surface area contributed by atoms with Crippen molar-refractivity contribution in [2.45, 2.75) is 70.8 Å². The summed E-state index contributed by atoms with van der Waals surface area (Å²) < 4.78 is 0. The van der Waals surface area contributed by atoms with E-state index in [-0.39, 0.29) is 12.5 Å². The fraction of sp³-hybridized carbons (Fsp3) is 0.611. The van der Waals surface area contributed by atoms with Crippen molar-refractivity contribution in [2.75, 3.05) is 0 Å². The first-order chi connectivity index (χ1) is 10.2. The zero-order chi connectivity index (χ0) is 15.8. The van der Waals surface area contributed by atoms with Gasteiger partial charge in [-0.15, -0.1) is 0 Å². The zero-order valence-electron chi connectivity index (χ0n) is 13.2. The summed E-state index contributed by atoms with van der Waals surface area (Å²) in [6.07, 6.45) is 19.5. The molecule has 0 aliphatic rings. The highest BCUT2D eigenvalue weighted by molar-refractivity contribution is 5.66. The highest BCUT2D eigenvalue weighted by atomic mass is 16.4. The molecule has 0 radical (unpaired) electrons. The standard InChI is InChI=1S/C18H30O3/c1-2-3-4-5-6-8-11-14-17(19)15-12-9-7-10-13-16-18(20)21/h3-4,6,8,11,14,17,19H,2,5,7,9-10,12-13,15-16H2,1H3,(H,20,21)/t17-/m0/s1. The second kappa shape index (κ2) is 15.0. The highest BCUT2D eigenvalue weighted by Crippen LogP contribution is 2.09. The summed E-state index contributed by atoms with van der Waals surface area (Å²) in [5.41, 5.74) is 0. The maximum Gasteiger partial charge on any atom is 0.303 e. The number of carbonyl (C=O) groups is 1. The van der Waals surface area contributed by atoms with Crippen molar-refractivity contribution < 1.29 is 15.0 Å². The molecule has 0 bridgehead atoms. The van der Waals surface area contributed by atoms with Crippen LogP contribution in [0.15, 0.2) is 36.5 Å². The smallest absolute Gasteiger partial charge is 0.303 e. The summed E-state index contributed by atoms with van der Waals surface area (Å²) in [5.74, 6) is -0.714.